The Kier molecular flexibility index (Phi) is 5.95. The lowest BCUT2D eigenvalue weighted by Crippen LogP contribution is -2.36. The molecule has 0 bridgehead atoms. The lowest BCUT2D eigenvalue weighted by Gasteiger charge is -2.29. The van der Waals surface area contributed by atoms with E-state index < -0.39 is 6.17 Å². The predicted octanol–water partition coefficient (Wildman–Crippen LogP) is 2.77. The molecule has 2 aliphatic rings. The first kappa shape index (κ1) is 22.2. The maximum absolute atomic E-state index is 13.3. The number of aromatic nitrogens is 4. The van der Waals surface area contributed by atoms with Gasteiger partial charge in [-0.2, -0.15) is 0 Å². The second-order valence-corrected chi connectivity index (χ2v) is 9.57. The Morgan fingerprint density at radius 2 is 1.94 bits per heavy atom. The minimum absolute atomic E-state index is 0.0708. The van der Waals surface area contributed by atoms with Crippen molar-refractivity contribution in [2.75, 3.05) is 37.7 Å². The fourth-order valence-corrected chi connectivity index (χ4v) is 5.06. The van der Waals surface area contributed by atoms with E-state index in [-0.39, 0.29) is 5.56 Å². The second kappa shape index (κ2) is 9.39. The number of pyridine rings is 3. The number of halogens is 1. The van der Waals surface area contributed by atoms with Crippen LogP contribution in [0.5, 0.6) is 0 Å². The molecule has 4 aromatic rings. The third kappa shape index (κ3) is 4.53. The van der Waals surface area contributed by atoms with Crippen molar-refractivity contribution >= 4 is 22.1 Å². The molecule has 0 atom stereocenters. The number of anilines is 1. The third-order valence-electron chi connectivity index (χ3n) is 7.07. The van der Waals surface area contributed by atoms with Gasteiger partial charge in [-0.3, -0.25) is 9.78 Å². The minimum Gasteiger partial charge on any atom is -0.378 e. The van der Waals surface area contributed by atoms with Crippen LogP contribution in [0.25, 0.3) is 16.4 Å². The zero-order valence-electron chi connectivity index (χ0n) is 19.6. The van der Waals surface area contributed by atoms with Crippen molar-refractivity contribution in [3.05, 3.63) is 70.8 Å². The van der Waals surface area contributed by atoms with Crippen molar-refractivity contribution in [3.63, 3.8) is 0 Å². The Labute approximate surface area is 202 Å². The first-order chi connectivity index (χ1) is 17.1. The van der Waals surface area contributed by atoms with E-state index >= 15 is 0 Å². The van der Waals surface area contributed by atoms with Crippen molar-refractivity contribution < 1.29 is 9.13 Å². The number of rotatable bonds is 7. The molecule has 0 radical (unpaired) electrons. The highest BCUT2D eigenvalue weighted by atomic mass is 19.1. The summed E-state index contributed by atoms with van der Waals surface area (Å²) in [5.74, 6) is 0.453. The fourth-order valence-electron chi connectivity index (χ4n) is 5.06. The summed E-state index contributed by atoms with van der Waals surface area (Å²) in [5, 5.41) is 4.95. The van der Waals surface area contributed by atoms with Crippen molar-refractivity contribution in [3.8, 4) is 0 Å². The zero-order chi connectivity index (χ0) is 23.8. The monoisotopic (exact) mass is 476 g/mol. The van der Waals surface area contributed by atoms with Gasteiger partial charge in [-0.25, -0.2) is 9.37 Å². The van der Waals surface area contributed by atoms with Crippen LogP contribution in [0.1, 0.15) is 24.1 Å². The summed E-state index contributed by atoms with van der Waals surface area (Å²) in [7, 11) is 0. The largest absolute Gasteiger partial charge is 0.378 e. The number of imidazole rings is 1. The molecule has 35 heavy (non-hydrogen) atoms. The first-order valence-electron chi connectivity index (χ1n) is 12.3. The van der Waals surface area contributed by atoms with Crippen LogP contribution in [0.2, 0.25) is 0 Å². The number of hydrogen-bond acceptors (Lipinski definition) is 6. The molecular weight excluding hydrogens is 447 g/mol. The van der Waals surface area contributed by atoms with Gasteiger partial charge in [0.2, 0.25) is 0 Å². The second-order valence-electron chi connectivity index (χ2n) is 9.57. The number of nitrogens with one attached hydrogen (secondary N) is 1. The van der Waals surface area contributed by atoms with Gasteiger partial charge < -0.3 is 23.9 Å². The highest BCUT2D eigenvalue weighted by Gasteiger charge is 2.28. The van der Waals surface area contributed by atoms with Gasteiger partial charge in [0.1, 0.15) is 11.8 Å². The Balaban J connectivity index is 1.19. The number of fused-ring (bicyclic) bond motifs is 2. The molecule has 0 aromatic carbocycles. The van der Waals surface area contributed by atoms with Crippen LogP contribution in [-0.2, 0) is 17.8 Å². The van der Waals surface area contributed by atoms with Gasteiger partial charge in [0, 0.05) is 49.8 Å². The van der Waals surface area contributed by atoms with E-state index in [0.29, 0.717) is 43.9 Å². The average Bonchev–Trinajstić information content (AvgIpc) is 3.26. The molecular formula is C26H29FN6O2. The van der Waals surface area contributed by atoms with Crippen LogP contribution in [-0.4, -0.2) is 58.0 Å². The van der Waals surface area contributed by atoms with E-state index in [0.717, 1.165) is 54.2 Å². The van der Waals surface area contributed by atoms with Gasteiger partial charge in [0.15, 0.2) is 0 Å². The van der Waals surface area contributed by atoms with Crippen molar-refractivity contribution in [1.82, 2.24) is 24.3 Å². The Bertz CT molecular complexity index is 1400. The van der Waals surface area contributed by atoms with E-state index in [4.69, 9.17) is 9.72 Å². The van der Waals surface area contributed by atoms with E-state index in [1.165, 1.54) is 0 Å². The summed E-state index contributed by atoms with van der Waals surface area (Å²) in [6.45, 7) is 4.92. The Morgan fingerprint density at radius 3 is 2.77 bits per heavy atom. The highest BCUT2D eigenvalue weighted by molar-refractivity contribution is 5.92. The molecule has 1 saturated carbocycles. The van der Waals surface area contributed by atoms with Crippen LogP contribution >= 0.6 is 0 Å². The zero-order valence-corrected chi connectivity index (χ0v) is 19.6. The smallest absolute Gasteiger partial charge is 0.260 e. The molecule has 6 rings (SSSR count). The van der Waals surface area contributed by atoms with Crippen LogP contribution in [0, 0.1) is 5.92 Å². The lowest BCUT2D eigenvalue weighted by molar-refractivity contribution is 0.123. The fraction of sp³-hybridized carbons (Fsp3) is 0.423. The molecule has 1 aliphatic carbocycles. The van der Waals surface area contributed by atoms with E-state index in [2.05, 4.69) is 27.5 Å². The van der Waals surface area contributed by atoms with Crippen molar-refractivity contribution in [2.24, 2.45) is 5.92 Å². The van der Waals surface area contributed by atoms with E-state index in [1.54, 1.807) is 10.8 Å². The maximum atomic E-state index is 13.3. The molecule has 2 fully saturated rings. The van der Waals surface area contributed by atoms with Gasteiger partial charge in [-0.1, -0.05) is 6.07 Å². The Hall–Kier alpha value is -3.30. The molecule has 1 saturated heterocycles. The molecule has 1 aliphatic heterocycles. The van der Waals surface area contributed by atoms with Crippen LogP contribution in [0.15, 0.2) is 54.0 Å². The van der Waals surface area contributed by atoms with Crippen LogP contribution in [0.3, 0.4) is 0 Å². The summed E-state index contributed by atoms with van der Waals surface area (Å²) in [4.78, 5) is 24.6. The standard InChI is InChI=1S/C26H29FN6O2/c27-20-9-19(10-20)12-28-11-18-1-2-25-30-21(17-33(25)15-18)16-32-4-3-22-23(26(32)34)13-29-14-24(22)31-5-7-35-8-6-31/h1-4,13-15,17,19-20,28H,5-12,16H2. The quantitative estimate of drug-likeness (QED) is 0.442. The number of morpholine rings is 1. The topological polar surface area (TPSA) is 76.7 Å². The summed E-state index contributed by atoms with van der Waals surface area (Å²) >= 11 is 0. The molecule has 8 nitrogen and oxygen atoms in total. The molecule has 4 aromatic heterocycles. The minimum atomic E-state index is -0.610. The van der Waals surface area contributed by atoms with Gasteiger partial charge in [0.25, 0.3) is 5.56 Å². The number of nitrogens with zero attached hydrogens (tertiary/aromatic N) is 5. The van der Waals surface area contributed by atoms with Crippen molar-refractivity contribution in [2.45, 2.75) is 32.1 Å². The predicted molar refractivity (Wildman–Crippen MR) is 133 cm³/mol. The number of alkyl halides is 1. The summed E-state index contributed by atoms with van der Waals surface area (Å²) in [6, 6.07) is 6.04. The Morgan fingerprint density at radius 1 is 1.09 bits per heavy atom. The highest BCUT2D eigenvalue weighted by Crippen LogP contribution is 2.29. The maximum Gasteiger partial charge on any atom is 0.260 e. The molecule has 182 valence electrons. The summed E-state index contributed by atoms with van der Waals surface area (Å²) < 4.78 is 22.1. The van der Waals surface area contributed by atoms with E-state index in [1.807, 2.05) is 35.1 Å². The molecule has 0 spiro atoms. The van der Waals surface area contributed by atoms with Crippen LogP contribution < -0.4 is 15.8 Å². The molecule has 0 unspecified atom stereocenters. The van der Waals surface area contributed by atoms with Gasteiger partial charge in [-0.15, -0.1) is 0 Å². The van der Waals surface area contributed by atoms with Crippen molar-refractivity contribution in [1.29, 1.82) is 0 Å². The van der Waals surface area contributed by atoms with E-state index in [9.17, 15) is 9.18 Å². The average molecular weight is 477 g/mol. The third-order valence-corrected chi connectivity index (χ3v) is 7.07. The molecule has 0 amide bonds. The molecule has 5 heterocycles. The molecule has 1 N–H and O–H groups in total. The summed E-state index contributed by atoms with van der Waals surface area (Å²) in [5.41, 5.74) is 3.71. The number of ether oxygens (including phenoxy) is 1. The lowest BCUT2D eigenvalue weighted by atomic mass is 9.83. The van der Waals surface area contributed by atoms with Gasteiger partial charge >= 0.3 is 0 Å². The SMILES string of the molecule is O=c1c2cncc(N3CCOCC3)c2ccn1Cc1cn2cc(CNCC3CC(F)C3)ccc2n1. The van der Waals surface area contributed by atoms with Gasteiger partial charge in [0.05, 0.1) is 42.7 Å². The van der Waals surface area contributed by atoms with Gasteiger partial charge in [-0.05, 0) is 43.0 Å². The summed E-state index contributed by atoms with van der Waals surface area (Å²) in [6.07, 6.45) is 10.1. The van der Waals surface area contributed by atoms with Crippen LogP contribution in [0.4, 0.5) is 10.1 Å². The number of hydrogen-bond donors (Lipinski definition) is 1. The normalized spacial score (nSPS) is 20.4. The molecule has 9 heteroatoms. The first-order valence-corrected chi connectivity index (χ1v) is 12.3.